The van der Waals surface area contributed by atoms with Crippen LogP contribution < -0.4 is 4.74 Å². The lowest BCUT2D eigenvalue weighted by Crippen LogP contribution is -1.90. The third kappa shape index (κ3) is 2.36. The van der Waals surface area contributed by atoms with Crippen molar-refractivity contribution in [2.24, 2.45) is 0 Å². The lowest BCUT2D eigenvalue weighted by Gasteiger charge is -2.04. The van der Waals surface area contributed by atoms with Crippen molar-refractivity contribution < 1.29 is 9.84 Å². The number of methoxy groups -OCH3 is 1. The van der Waals surface area contributed by atoms with Gasteiger partial charge in [0.05, 0.1) is 19.0 Å². The molecule has 0 aliphatic carbocycles. The Morgan fingerprint density at radius 2 is 1.71 bits per heavy atom. The number of hydrogen-bond acceptors (Lipinski definition) is 4. The topological polar surface area (TPSA) is 59.7 Å². The molecule has 2 aromatic carbocycles. The molecule has 4 rings (SSSR count). The predicted octanol–water partition coefficient (Wildman–Crippen LogP) is 3.78. The molecule has 0 saturated heterocycles. The Balaban J connectivity index is 1.82. The van der Waals surface area contributed by atoms with Crippen molar-refractivity contribution in [1.29, 1.82) is 0 Å². The number of nitrogens with zero attached hydrogens (tertiary/aromatic N) is 3. The first-order valence-electron chi connectivity index (χ1n) is 7.53. The third-order valence-corrected chi connectivity index (χ3v) is 3.92. The summed E-state index contributed by atoms with van der Waals surface area (Å²) in [6.45, 7) is 0. The smallest absolute Gasteiger partial charge is 0.224 e. The maximum absolute atomic E-state index is 10.5. The zero-order chi connectivity index (χ0) is 16.5. The second-order valence-electron chi connectivity index (χ2n) is 5.38. The normalized spacial score (nSPS) is 10.9. The Hall–Kier alpha value is -3.34. The number of ether oxygens (including phenoxy) is 1. The summed E-state index contributed by atoms with van der Waals surface area (Å²) in [5.74, 6) is 0.894. The van der Waals surface area contributed by atoms with Gasteiger partial charge in [-0.15, -0.1) is 0 Å². The van der Waals surface area contributed by atoms with E-state index in [9.17, 15) is 5.11 Å². The summed E-state index contributed by atoms with van der Waals surface area (Å²) in [5.41, 5.74) is 3.70. The van der Waals surface area contributed by atoms with Gasteiger partial charge >= 0.3 is 0 Å². The van der Waals surface area contributed by atoms with E-state index in [1.807, 2.05) is 54.6 Å². The van der Waals surface area contributed by atoms with E-state index in [1.54, 1.807) is 23.9 Å². The summed E-state index contributed by atoms with van der Waals surface area (Å²) in [7, 11) is 1.63. The van der Waals surface area contributed by atoms with Gasteiger partial charge in [-0.1, -0.05) is 30.3 Å². The molecule has 1 N–H and O–H groups in total. The molecule has 0 amide bonds. The average molecular weight is 317 g/mol. The van der Waals surface area contributed by atoms with Crippen LogP contribution in [0.2, 0.25) is 0 Å². The second kappa shape index (κ2) is 5.70. The van der Waals surface area contributed by atoms with Gasteiger partial charge in [-0.05, 0) is 24.3 Å². The highest BCUT2D eigenvalue weighted by Crippen LogP contribution is 2.30. The number of aromatic nitrogens is 3. The van der Waals surface area contributed by atoms with E-state index in [1.165, 1.54) is 0 Å². The lowest BCUT2D eigenvalue weighted by atomic mass is 10.1. The van der Waals surface area contributed by atoms with Crippen LogP contribution in [0.3, 0.4) is 0 Å². The van der Waals surface area contributed by atoms with Crippen LogP contribution in [0.4, 0.5) is 0 Å². The van der Waals surface area contributed by atoms with Gasteiger partial charge in [-0.2, -0.15) is 0 Å². The van der Waals surface area contributed by atoms with Crippen LogP contribution in [0.15, 0.2) is 67.0 Å². The number of rotatable bonds is 3. The third-order valence-electron chi connectivity index (χ3n) is 3.92. The predicted molar refractivity (Wildman–Crippen MR) is 92.1 cm³/mol. The van der Waals surface area contributed by atoms with Crippen LogP contribution in [0.1, 0.15) is 0 Å². The maximum Gasteiger partial charge on any atom is 0.224 e. The van der Waals surface area contributed by atoms with Crippen molar-refractivity contribution in [2.75, 3.05) is 7.11 Å². The second-order valence-corrected chi connectivity index (χ2v) is 5.38. The first-order chi connectivity index (χ1) is 11.8. The minimum absolute atomic E-state index is 0.105. The molecular formula is C19H15N3O2. The van der Waals surface area contributed by atoms with Crippen molar-refractivity contribution in [3.63, 3.8) is 0 Å². The molecule has 0 atom stereocenters. The molecule has 118 valence electrons. The van der Waals surface area contributed by atoms with E-state index in [-0.39, 0.29) is 5.88 Å². The maximum atomic E-state index is 10.5. The Bertz CT molecular complexity index is 992. The Morgan fingerprint density at radius 3 is 2.42 bits per heavy atom. The molecule has 2 aromatic heterocycles. The summed E-state index contributed by atoms with van der Waals surface area (Å²) in [6.07, 6.45) is 3.44. The Morgan fingerprint density at radius 1 is 0.958 bits per heavy atom. The minimum Gasteiger partial charge on any atom is -0.497 e. The van der Waals surface area contributed by atoms with Gasteiger partial charge in [0.1, 0.15) is 11.4 Å². The van der Waals surface area contributed by atoms with Gasteiger partial charge in [0.15, 0.2) is 5.65 Å². The number of fused-ring (bicyclic) bond motifs is 1. The summed E-state index contributed by atoms with van der Waals surface area (Å²) >= 11 is 0. The fraction of sp³-hybridized carbons (Fsp3) is 0.0526. The van der Waals surface area contributed by atoms with E-state index in [2.05, 4.69) is 9.97 Å². The molecule has 0 radical (unpaired) electrons. The van der Waals surface area contributed by atoms with Gasteiger partial charge in [-0.25, -0.2) is 4.98 Å². The fourth-order valence-electron chi connectivity index (χ4n) is 2.64. The minimum atomic E-state index is 0.105. The Kier molecular flexibility index (Phi) is 3.39. The summed E-state index contributed by atoms with van der Waals surface area (Å²) < 4.78 is 6.82. The molecular weight excluding hydrogens is 302 g/mol. The molecule has 4 aromatic rings. The van der Waals surface area contributed by atoms with Gasteiger partial charge in [0, 0.05) is 17.3 Å². The van der Waals surface area contributed by atoms with Crippen molar-refractivity contribution in [3.8, 4) is 34.1 Å². The highest BCUT2D eigenvalue weighted by Gasteiger charge is 2.14. The number of benzene rings is 2. The van der Waals surface area contributed by atoms with Gasteiger partial charge in [0.2, 0.25) is 5.88 Å². The molecule has 2 heterocycles. The number of aromatic hydroxyl groups is 1. The highest BCUT2D eigenvalue weighted by atomic mass is 16.5. The molecule has 0 bridgehead atoms. The van der Waals surface area contributed by atoms with E-state index >= 15 is 0 Å². The number of imidazole rings is 1. The molecule has 0 saturated carbocycles. The van der Waals surface area contributed by atoms with Crippen LogP contribution in [0, 0.1) is 0 Å². The van der Waals surface area contributed by atoms with Crippen LogP contribution in [0.25, 0.3) is 28.2 Å². The van der Waals surface area contributed by atoms with Crippen LogP contribution in [-0.2, 0) is 0 Å². The molecule has 0 fully saturated rings. The molecule has 0 aliphatic rings. The Labute approximate surface area is 138 Å². The molecule has 5 heteroatoms. The van der Waals surface area contributed by atoms with Crippen molar-refractivity contribution >= 4 is 5.65 Å². The fourth-order valence-corrected chi connectivity index (χ4v) is 2.64. The summed E-state index contributed by atoms with van der Waals surface area (Å²) in [4.78, 5) is 8.92. The van der Waals surface area contributed by atoms with Crippen molar-refractivity contribution in [3.05, 3.63) is 67.0 Å². The van der Waals surface area contributed by atoms with E-state index in [0.717, 1.165) is 22.6 Å². The quantitative estimate of drug-likeness (QED) is 0.625. The zero-order valence-electron chi connectivity index (χ0n) is 13.0. The van der Waals surface area contributed by atoms with Gasteiger partial charge in [-0.3, -0.25) is 9.38 Å². The van der Waals surface area contributed by atoms with E-state index < -0.39 is 0 Å². The first-order valence-corrected chi connectivity index (χ1v) is 7.53. The summed E-state index contributed by atoms with van der Waals surface area (Å²) in [5, 5.41) is 10.5. The van der Waals surface area contributed by atoms with Crippen LogP contribution in [0.5, 0.6) is 11.6 Å². The zero-order valence-corrected chi connectivity index (χ0v) is 13.0. The highest BCUT2D eigenvalue weighted by molar-refractivity contribution is 5.70. The van der Waals surface area contributed by atoms with Gasteiger partial charge < -0.3 is 9.84 Å². The average Bonchev–Trinajstić information content (AvgIpc) is 2.99. The molecule has 0 aliphatic heterocycles. The molecule has 24 heavy (non-hydrogen) atoms. The lowest BCUT2D eigenvalue weighted by molar-refractivity contribution is 0.415. The first kappa shape index (κ1) is 14.3. The summed E-state index contributed by atoms with van der Waals surface area (Å²) in [6, 6.07) is 17.2. The van der Waals surface area contributed by atoms with Crippen LogP contribution in [-0.4, -0.2) is 26.6 Å². The number of hydrogen-bond donors (Lipinski definition) is 1. The van der Waals surface area contributed by atoms with Crippen LogP contribution >= 0.6 is 0 Å². The van der Waals surface area contributed by atoms with Crippen molar-refractivity contribution in [2.45, 2.75) is 0 Å². The standard InChI is InChI=1S/C19H15N3O2/c1-24-15-9-7-13(8-10-15)16-12-22-17(11-20-16)21-18(19(22)23)14-5-3-2-4-6-14/h2-12,23H,1H3. The van der Waals surface area contributed by atoms with E-state index in [0.29, 0.717) is 11.3 Å². The van der Waals surface area contributed by atoms with Crippen molar-refractivity contribution in [1.82, 2.24) is 14.4 Å². The largest absolute Gasteiger partial charge is 0.497 e. The monoisotopic (exact) mass is 317 g/mol. The molecule has 0 spiro atoms. The molecule has 5 nitrogen and oxygen atoms in total. The van der Waals surface area contributed by atoms with E-state index in [4.69, 9.17) is 4.74 Å². The van der Waals surface area contributed by atoms with Gasteiger partial charge in [0.25, 0.3) is 0 Å². The molecule has 0 unspecified atom stereocenters. The SMILES string of the molecule is COc1ccc(-c2cn3c(O)c(-c4ccccc4)nc3cn2)cc1.